The first kappa shape index (κ1) is 24.4. The van der Waals surface area contributed by atoms with E-state index in [0.717, 1.165) is 6.07 Å². The molecule has 5 nitrogen and oxygen atoms in total. The van der Waals surface area contributed by atoms with E-state index in [2.05, 4.69) is 9.97 Å². The molecular weight excluding hydrogens is 438 g/mol. The molecule has 9 heteroatoms. The molecule has 4 rings (SSSR count). The van der Waals surface area contributed by atoms with Crippen molar-refractivity contribution in [2.45, 2.75) is 51.4 Å². The Hall–Kier alpha value is -3.23. The number of rotatable bonds is 3. The molecule has 0 saturated heterocycles. The molecule has 0 radical (unpaired) electrons. The molecule has 0 aliphatic heterocycles. The van der Waals surface area contributed by atoms with Gasteiger partial charge in [0.15, 0.2) is 17.1 Å². The number of aromatic amines is 1. The second-order valence-corrected chi connectivity index (χ2v) is 8.25. The van der Waals surface area contributed by atoms with Crippen molar-refractivity contribution < 1.29 is 22.4 Å². The first-order valence-corrected chi connectivity index (χ1v) is 10.6. The summed E-state index contributed by atoms with van der Waals surface area (Å²) in [5.74, 6) is -6.09. The van der Waals surface area contributed by atoms with Crippen molar-refractivity contribution in [1.82, 2.24) is 9.97 Å². The normalized spacial score (nSPS) is 19.6. The van der Waals surface area contributed by atoms with E-state index in [1.165, 1.54) is 31.3 Å². The van der Waals surface area contributed by atoms with Crippen molar-refractivity contribution in [3.05, 3.63) is 75.3 Å². The van der Waals surface area contributed by atoms with Crippen LogP contribution in [0.3, 0.4) is 0 Å². The van der Waals surface area contributed by atoms with Crippen LogP contribution in [0.4, 0.5) is 17.6 Å². The first-order chi connectivity index (χ1) is 15.5. The summed E-state index contributed by atoms with van der Waals surface area (Å²) in [5, 5.41) is 0.0998. The van der Waals surface area contributed by atoms with Gasteiger partial charge in [0.05, 0.1) is 10.9 Å². The van der Waals surface area contributed by atoms with Gasteiger partial charge in [-0.1, -0.05) is 19.1 Å². The fourth-order valence-corrected chi connectivity index (χ4v) is 4.22. The number of hydrogen-bond acceptors (Lipinski definition) is 3. The number of carbonyl (C=O) groups excluding carboxylic acids is 1. The Labute approximate surface area is 188 Å². The molecule has 3 N–H and O–H groups in total. The van der Waals surface area contributed by atoms with Crippen LogP contribution < -0.4 is 11.2 Å². The van der Waals surface area contributed by atoms with Crippen molar-refractivity contribution >= 4 is 16.8 Å². The Balaban J connectivity index is 0.000000286. The maximum absolute atomic E-state index is 14.2. The van der Waals surface area contributed by atoms with Gasteiger partial charge in [0.2, 0.25) is 0 Å². The third kappa shape index (κ3) is 5.23. The highest BCUT2D eigenvalue weighted by atomic mass is 19.3. The van der Waals surface area contributed by atoms with Gasteiger partial charge in [-0.05, 0) is 43.9 Å². The van der Waals surface area contributed by atoms with Gasteiger partial charge in [0.25, 0.3) is 11.8 Å². The van der Waals surface area contributed by atoms with Crippen molar-refractivity contribution in [1.29, 1.82) is 0 Å². The van der Waals surface area contributed by atoms with Crippen LogP contribution in [-0.2, 0) is 0 Å². The predicted molar refractivity (Wildman–Crippen MR) is 117 cm³/mol. The average molecular weight is 463 g/mol. The smallest absolute Gasteiger partial charge is 0.268 e. The first-order valence-electron chi connectivity index (χ1n) is 10.6. The summed E-state index contributed by atoms with van der Waals surface area (Å²) in [6.07, 6.45) is 2.56. The van der Waals surface area contributed by atoms with Gasteiger partial charge < -0.3 is 10.7 Å². The lowest BCUT2D eigenvalue weighted by molar-refractivity contribution is -0.0931. The van der Waals surface area contributed by atoms with Crippen LogP contribution in [0.25, 0.3) is 10.9 Å². The quantitative estimate of drug-likeness (QED) is 0.522. The highest BCUT2D eigenvalue weighted by Gasteiger charge is 2.44. The molecule has 1 fully saturated rings. The Morgan fingerprint density at radius 2 is 1.97 bits per heavy atom. The van der Waals surface area contributed by atoms with E-state index in [4.69, 9.17) is 5.73 Å². The van der Waals surface area contributed by atoms with Gasteiger partial charge in [-0.3, -0.25) is 14.6 Å². The summed E-state index contributed by atoms with van der Waals surface area (Å²) >= 11 is 0. The van der Waals surface area contributed by atoms with E-state index < -0.39 is 40.7 Å². The molecule has 176 valence electrons. The average Bonchev–Trinajstić information content (AvgIpc) is 2.76. The number of H-pyrrole nitrogens is 1. The molecule has 2 aromatic heterocycles. The standard InChI is InChI=1S/C17H19F2N3O2.C7H6F2/c1-2-10-4-3-9(8-17(10,18)19)12-7-13(23)14-11(22-12)5-6-21-15(14)16(20)24;1-5-3-2-4-6(8)7(5)9/h5-7,9-10H,2-4,8H2,1H3,(H2,20,24)(H,22,23);2-4H,1H3. The van der Waals surface area contributed by atoms with Crippen molar-refractivity contribution in [3.63, 3.8) is 0 Å². The SMILES string of the molecule is CCC1CCC(c2cc(=O)c3c(C(N)=O)nccc3[nH]2)CC1(F)F.Cc1cccc(F)c1F. The molecule has 0 spiro atoms. The molecule has 1 aliphatic carbocycles. The number of hydrogen-bond donors (Lipinski definition) is 2. The number of carbonyl (C=O) groups is 1. The van der Waals surface area contributed by atoms with Gasteiger partial charge in [-0.15, -0.1) is 0 Å². The number of alkyl halides is 2. The Bertz CT molecular complexity index is 1210. The second-order valence-electron chi connectivity index (χ2n) is 8.25. The van der Waals surface area contributed by atoms with Crippen LogP contribution in [0.2, 0.25) is 0 Å². The summed E-state index contributed by atoms with van der Waals surface area (Å²) in [6.45, 7) is 3.30. The molecule has 1 amide bonds. The molecule has 3 aromatic rings. The topological polar surface area (TPSA) is 88.8 Å². The van der Waals surface area contributed by atoms with E-state index in [9.17, 15) is 27.2 Å². The maximum atomic E-state index is 14.2. The highest BCUT2D eigenvalue weighted by Crippen LogP contribution is 2.46. The number of aryl methyl sites for hydroxylation is 1. The third-order valence-corrected chi connectivity index (χ3v) is 6.05. The zero-order chi connectivity index (χ0) is 24.3. The van der Waals surface area contributed by atoms with Gasteiger partial charge in [0.1, 0.15) is 5.69 Å². The van der Waals surface area contributed by atoms with Gasteiger partial charge >= 0.3 is 0 Å². The Morgan fingerprint density at radius 3 is 2.55 bits per heavy atom. The zero-order valence-corrected chi connectivity index (χ0v) is 18.3. The number of nitrogens with two attached hydrogens (primary N) is 1. The van der Waals surface area contributed by atoms with E-state index in [1.54, 1.807) is 13.0 Å². The largest absolute Gasteiger partial charge is 0.364 e. The van der Waals surface area contributed by atoms with Crippen LogP contribution >= 0.6 is 0 Å². The van der Waals surface area contributed by atoms with E-state index >= 15 is 0 Å². The summed E-state index contributed by atoms with van der Waals surface area (Å²) < 4.78 is 53.0. The van der Waals surface area contributed by atoms with E-state index in [0.29, 0.717) is 36.0 Å². The summed E-state index contributed by atoms with van der Waals surface area (Å²) in [7, 11) is 0. The number of nitrogens with zero attached hydrogens (tertiary/aromatic N) is 1. The van der Waals surface area contributed by atoms with Crippen LogP contribution in [0.5, 0.6) is 0 Å². The van der Waals surface area contributed by atoms with Gasteiger partial charge in [-0.2, -0.15) is 0 Å². The van der Waals surface area contributed by atoms with Gasteiger partial charge in [0, 0.05) is 36.2 Å². The molecule has 1 saturated carbocycles. The minimum absolute atomic E-state index is 0.0998. The van der Waals surface area contributed by atoms with Crippen LogP contribution in [0.15, 0.2) is 41.3 Å². The van der Waals surface area contributed by atoms with Crippen molar-refractivity contribution in [2.75, 3.05) is 0 Å². The number of halogens is 4. The minimum atomic E-state index is -2.74. The number of aromatic nitrogens is 2. The molecular formula is C24H25F4N3O2. The van der Waals surface area contributed by atoms with Gasteiger partial charge in [-0.25, -0.2) is 17.6 Å². The summed E-state index contributed by atoms with van der Waals surface area (Å²) in [4.78, 5) is 30.7. The maximum Gasteiger partial charge on any atom is 0.268 e. The lowest BCUT2D eigenvalue weighted by Crippen LogP contribution is -2.35. The highest BCUT2D eigenvalue weighted by molar-refractivity contribution is 6.03. The zero-order valence-electron chi connectivity index (χ0n) is 18.3. The number of nitrogens with one attached hydrogen (secondary N) is 1. The fraction of sp³-hybridized carbons (Fsp3) is 0.375. The van der Waals surface area contributed by atoms with Crippen molar-refractivity contribution in [3.8, 4) is 0 Å². The monoisotopic (exact) mass is 463 g/mol. The number of amides is 1. The van der Waals surface area contributed by atoms with E-state index in [1.807, 2.05) is 0 Å². The van der Waals surface area contributed by atoms with Crippen LogP contribution in [-0.4, -0.2) is 21.8 Å². The lowest BCUT2D eigenvalue weighted by Gasteiger charge is -2.35. The second kappa shape index (κ2) is 9.72. The lowest BCUT2D eigenvalue weighted by atomic mass is 9.76. The fourth-order valence-electron chi connectivity index (χ4n) is 4.22. The molecule has 1 aromatic carbocycles. The molecule has 0 bridgehead atoms. The number of fused-ring (bicyclic) bond motifs is 1. The molecule has 33 heavy (non-hydrogen) atoms. The molecule has 2 heterocycles. The third-order valence-electron chi connectivity index (χ3n) is 6.05. The molecule has 2 atom stereocenters. The molecule has 2 unspecified atom stereocenters. The number of pyridine rings is 2. The number of benzene rings is 1. The Kier molecular flexibility index (Phi) is 7.19. The minimum Gasteiger partial charge on any atom is -0.364 e. The van der Waals surface area contributed by atoms with E-state index in [-0.39, 0.29) is 17.5 Å². The van der Waals surface area contributed by atoms with Crippen molar-refractivity contribution in [2.24, 2.45) is 11.7 Å². The Morgan fingerprint density at radius 1 is 1.24 bits per heavy atom. The molecule has 1 aliphatic rings. The summed E-state index contributed by atoms with van der Waals surface area (Å²) in [5.41, 5.74) is 5.91. The number of primary amides is 1. The van der Waals surface area contributed by atoms with Crippen LogP contribution in [0, 0.1) is 24.5 Å². The van der Waals surface area contributed by atoms with Crippen LogP contribution in [0.1, 0.15) is 60.3 Å². The summed E-state index contributed by atoms with van der Waals surface area (Å²) in [6, 6.07) is 6.94. The predicted octanol–water partition coefficient (Wildman–Crippen LogP) is 5.22.